The van der Waals surface area contributed by atoms with Crippen LogP contribution in [0, 0.1) is 13.8 Å². The Morgan fingerprint density at radius 1 is 1.19 bits per heavy atom. The molecule has 0 aliphatic rings. The van der Waals surface area contributed by atoms with Crippen LogP contribution in [0.1, 0.15) is 30.4 Å². The van der Waals surface area contributed by atoms with Crippen molar-refractivity contribution in [1.82, 2.24) is 14.8 Å². The molecule has 0 spiro atoms. The fourth-order valence-electron chi connectivity index (χ4n) is 2.79. The molecule has 26 heavy (non-hydrogen) atoms. The summed E-state index contributed by atoms with van der Waals surface area (Å²) in [5.41, 5.74) is 1.54. The van der Waals surface area contributed by atoms with Crippen LogP contribution in [0.15, 0.2) is 39.8 Å². The monoisotopic (exact) mass is 379 g/mol. The number of carbonyl (C=O) groups excluding carboxylic acids is 1. The van der Waals surface area contributed by atoms with Crippen LogP contribution in [0.4, 0.5) is 0 Å². The van der Waals surface area contributed by atoms with Gasteiger partial charge in [-0.05, 0) is 32.3 Å². The summed E-state index contributed by atoms with van der Waals surface area (Å²) in [5, 5.41) is 3.66. The zero-order valence-corrected chi connectivity index (χ0v) is 16.2. The Morgan fingerprint density at radius 3 is 2.46 bits per heavy atom. The summed E-state index contributed by atoms with van der Waals surface area (Å²) in [7, 11) is -3.71. The Bertz CT molecular complexity index is 812. The second-order valence-corrected chi connectivity index (χ2v) is 7.85. The third-order valence-electron chi connectivity index (χ3n) is 4.09. The fourth-order valence-corrected chi connectivity index (χ4v) is 4.14. The molecule has 8 heteroatoms. The van der Waals surface area contributed by atoms with E-state index in [9.17, 15) is 13.2 Å². The van der Waals surface area contributed by atoms with Crippen LogP contribution in [-0.4, -0.2) is 44.0 Å². The van der Waals surface area contributed by atoms with E-state index in [1.165, 1.54) is 12.5 Å². The van der Waals surface area contributed by atoms with Gasteiger partial charge >= 0.3 is 0 Å². The lowest BCUT2D eigenvalue weighted by Crippen LogP contribution is -2.38. The number of aromatic nitrogens is 1. The summed E-state index contributed by atoms with van der Waals surface area (Å²) in [4.78, 5) is 13.5. The van der Waals surface area contributed by atoms with Gasteiger partial charge in [-0.1, -0.05) is 35.5 Å². The van der Waals surface area contributed by atoms with Crippen molar-refractivity contribution in [2.24, 2.45) is 0 Å². The maximum Gasteiger partial charge on any atom is 0.246 e. The molecular weight excluding hydrogens is 354 g/mol. The minimum absolute atomic E-state index is 0.0657. The van der Waals surface area contributed by atoms with Gasteiger partial charge in [-0.2, -0.15) is 0 Å². The van der Waals surface area contributed by atoms with Crippen LogP contribution in [0.2, 0.25) is 0 Å². The summed E-state index contributed by atoms with van der Waals surface area (Å²) < 4.78 is 32.2. The molecule has 0 radical (unpaired) electrons. The van der Waals surface area contributed by atoms with Crippen LogP contribution >= 0.6 is 0 Å². The normalized spacial score (nSPS) is 11.5. The number of nitrogens with one attached hydrogen (secondary N) is 1. The van der Waals surface area contributed by atoms with E-state index in [0.717, 1.165) is 12.8 Å². The summed E-state index contributed by atoms with van der Waals surface area (Å²) in [6, 6.07) is 10.0. The molecule has 1 N–H and O–H groups in total. The minimum Gasteiger partial charge on any atom is -0.360 e. The van der Waals surface area contributed by atoms with E-state index in [2.05, 4.69) is 22.0 Å². The highest BCUT2D eigenvalue weighted by atomic mass is 32.2. The van der Waals surface area contributed by atoms with E-state index in [1.54, 1.807) is 18.7 Å². The van der Waals surface area contributed by atoms with Gasteiger partial charge in [-0.15, -0.1) is 0 Å². The third-order valence-corrected chi connectivity index (χ3v) is 5.80. The Balaban J connectivity index is 1.85. The van der Waals surface area contributed by atoms with E-state index in [4.69, 9.17) is 4.52 Å². The number of nitrogens with zero attached hydrogens (tertiary/aromatic N) is 2. The molecule has 0 fully saturated rings. The Morgan fingerprint density at radius 2 is 1.88 bits per heavy atom. The molecule has 1 aromatic heterocycles. The molecular formula is C18H25N3O4S. The van der Waals surface area contributed by atoms with Crippen LogP contribution in [0.3, 0.4) is 0 Å². The Labute approximate surface area is 154 Å². The van der Waals surface area contributed by atoms with Crippen molar-refractivity contribution in [3.8, 4) is 0 Å². The van der Waals surface area contributed by atoms with E-state index in [1.807, 2.05) is 18.2 Å². The van der Waals surface area contributed by atoms with Crippen molar-refractivity contribution in [3.05, 3.63) is 47.3 Å². The highest BCUT2D eigenvalue weighted by Crippen LogP contribution is 2.18. The van der Waals surface area contributed by atoms with Gasteiger partial charge in [0.05, 0.1) is 0 Å². The standard InChI is InChI=1S/C18H25N3O4S/c1-14-18(15(2)25-20-14)26(23,24)19-11-13-21(16(3)22)12-7-10-17-8-5-4-6-9-17/h4-6,8-9,19H,7,10-13H2,1-3H3. The zero-order chi connectivity index (χ0) is 19.2. The Hall–Kier alpha value is -2.19. The van der Waals surface area contributed by atoms with Gasteiger partial charge in [0.2, 0.25) is 15.9 Å². The highest BCUT2D eigenvalue weighted by Gasteiger charge is 2.24. The van der Waals surface area contributed by atoms with Crippen LogP contribution < -0.4 is 4.72 Å². The molecule has 0 unspecified atom stereocenters. The van der Waals surface area contributed by atoms with E-state index in [-0.39, 0.29) is 23.1 Å². The van der Waals surface area contributed by atoms with Crippen LogP contribution in [-0.2, 0) is 21.2 Å². The van der Waals surface area contributed by atoms with Gasteiger partial charge in [-0.25, -0.2) is 13.1 Å². The van der Waals surface area contributed by atoms with Crippen molar-refractivity contribution in [2.45, 2.75) is 38.5 Å². The van der Waals surface area contributed by atoms with Gasteiger partial charge < -0.3 is 9.42 Å². The first-order chi connectivity index (χ1) is 12.3. The minimum atomic E-state index is -3.71. The molecule has 1 amide bonds. The first-order valence-corrected chi connectivity index (χ1v) is 10.0. The smallest absolute Gasteiger partial charge is 0.246 e. The molecule has 142 valence electrons. The van der Waals surface area contributed by atoms with Crippen LogP contribution in [0.25, 0.3) is 0 Å². The first-order valence-electron chi connectivity index (χ1n) is 8.53. The SMILES string of the molecule is CC(=O)N(CCCc1ccccc1)CCNS(=O)(=O)c1c(C)noc1C. The van der Waals surface area contributed by atoms with Crippen molar-refractivity contribution in [3.63, 3.8) is 0 Å². The van der Waals surface area contributed by atoms with E-state index in [0.29, 0.717) is 18.8 Å². The lowest BCUT2D eigenvalue weighted by atomic mass is 10.1. The molecule has 7 nitrogen and oxygen atoms in total. The molecule has 0 aliphatic heterocycles. The predicted octanol–water partition coefficient (Wildman–Crippen LogP) is 2.05. The third kappa shape index (κ3) is 5.40. The van der Waals surface area contributed by atoms with Gasteiger partial charge in [0.25, 0.3) is 0 Å². The molecule has 1 aromatic carbocycles. The average molecular weight is 379 g/mol. The summed E-state index contributed by atoms with van der Waals surface area (Å²) in [6.07, 6.45) is 1.69. The first kappa shape index (κ1) is 20.1. The Kier molecular flexibility index (Phi) is 6.93. The zero-order valence-electron chi connectivity index (χ0n) is 15.4. The molecule has 0 aliphatic carbocycles. The van der Waals surface area contributed by atoms with E-state index >= 15 is 0 Å². The second kappa shape index (κ2) is 8.95. The largest absolute Gasteiger partial charge is 0.360 e. The number of amides is 1. The summed E-state index contributed by atoms with van der Waals surface area (Å²) >= 11 is 0. The fraction of sp³-hybridized carbons (Fsp3) is 0.444. The summed E-state index contributed by atoms with van der Waals surface area (Å²) in [6.45, 7) is 5.66. The van der Waals surface area contributed by atoms with Gasteiger partial charge in [0.15, 0.2) is 5.76 Å². The quantitative estimate of drug-likeness (QED) is 0.720. The van der Waals surface area contributed by atoms with Crippen molar-refractivity contribution in [1.29, 1.82) is 0 Å². The molecule has 0 saturated carbocycles. The van der Waals surface area contributed by atoms with Gasteiger partial charge in [0.1, 0.15) is 10.6 Å². The number of rotatable bonds is 9. The predicted molar refractivity (Wildman–Crippen MR) is 98.2 cm³/mol. The van der Waals surface area contributed by atoms with Crippen molar-refractivity contribution < 1.29 is 17.7 Å². The maximum absolute atomic E-state index is 12.4. The van der Waals surface area contributed by atoms with E-state index < -0.39 is 10.0 Å². The number of aryl methyl sites for hydroxylation is 3. The van der Waals surface area contributed by atoms with Gasteiger partial charge in [0, 0.05) is 26.6 Å². The maximum atomic E-state index is 12.4. The lowest BCUT2D eigenvalue weighted by Gasteiger charge is -2.21. The number of hydrogen-bond acceptors (Lipinski definition) is 5. The number of hydrogen-bond donors (Lipinski definition) is 1. The number of carbonyl (C=O) groups is 1. The number of benzene rings is 1. The molecule has 2 aromatic rings. The average Bonchev–Trinajstić information content (AvgIpc) is 2.93. The second-order valence-electron chi connectivity index (χ2n) is 6.15. The molecule has 0 bridgehead atoms. The van der Waals surface area contributed by atoms with Gasteiger partial charge in [-0.3, -0.25) is 4.79 Å². The molecule has 2 rings (SSSR count). The van der Waals surface area contributed by atoms with Crippen molar-refractivity contribution in [2.75, 3.05) is 19.6 Å². The topological polar surface area (TPSA) is 92.5 Å². The number of sulfonamides is 1. The van der Waals surface area contributed by atoms with Crippen LogP contribution in [0.5, 0.6) is 0 Å². The highest BCUT2D eigenvalue weighted by molar-refractivity contribution is 7.89. The summed E-state index contributed by atoms with van der Waals surface area (Å²) in [5.74, 6) is 0.177. The van der Waals surface area contributed by atoms with Crippen molar-refractivity contribution >= 4 is 15.9 Å². The molecule has 1 heterocycles. The molecule has 0 atom stereocenters. The molecule has 0 saturated heterocycles. The lowest BCUT2D eigenvalue weighted by molar-refractivity contribution is -0.128.